The molecule has 0 saturated carbocycles. The van der Waals surface area contributed by atoms with Gasteiger partial charge in [0.05, 0.1) is 0 Å². The molecule has 2 atom stereocenters. The number of hydrogen-bond acceptors (Lipinski definition) is 3. The maximum atomic E-state index is 11.7. The first-order valence-electron chi connectivity index (χ1n) is 8.42. The molecule has 0 heterocycles. The van der Waals surface area contributed by atoms with Gasteiger partial charge in [0, 0.05) is 6.61 Å². The first-order valence-corrected chi connectivity index (χ1v) is 9.93. The zero-order valence-electron chi connectivity index (χ0n) is 13.8. The highest BCUT2D eigenvalue weighted by atomic mass is 32.2. The summed E-state index contributed by atoms with van der Waals surface area (Å²) in [6.45, 7) is 4.46. The molecule has 128 valence electrons. The molecule has 0 saturated heterocycles. The van der Waals surface area contributed by atoms with Crippen molar-refractivity contribution in [2.75, 3.05) is 6.61 Å². The lowest BCUT2D eigenvalue weighted by molar-refractivity contribution is -0.00627. The molecule has 0 aromatic carbocycles. The zero-order valence-corrected chi connectivity index (χ0v) is 14.6. The monoisotopic (exact) mass is 330 g/mol. The Labute approximate surface area is 135 Å². The minimum absolute atomic E-state index is 0.417. The van der Waals surface area contributed by atoms with Gasteiger partial charge < -0.3 is 4.74 Å². The Morgan fingerprint density at radius 1 is 1.05 bits per heavy atom. The molecule has 0 aliphatic heterocycles. The van der Waals surface area contributed by atoms with E-state index in [2.05, 4.69) is 6.92 Å². The van der Waals surface area contributed by atoms with Gasteiger partial charge in [0.15, 0.2) is 0 Å². The van der Waals surface area contributed by atoms with Crippen molar-refractivity contribution >= 4 is 10.1 Å². The van der Waals surface area contributed by atoms with Gasteiger partial charge in [-0.2, -0.15) is 8.42 Å². The molecular formula is C17H30O4S. The molecule has 22 heavy (non-hydrogen) atoms. The van der Waals surface area contributed by atoms with Crippen LogP contribution in [0.2, 0.25) is 0 Å². The number of ether oxygens (including phenoxy) is 1. The number of unbranched alkanes of at least 4 members (excludes halogenated alkanes) is 6. The van der Waals surface area contributed by atoms with Crippen LogP contribution >= 0.6 is 0 Å². The van der Waals surface area contributed by atoms with Crippen LogP contribution in [0, 0.1) is 0 Å². The summed E-state index contributed by atoms with van der Waals surface area (Å²) >= 11 is 0. The highest BCUT2D eigenvalue weighted by Crippen LogP contribution is 2.33. The molecule has 0 fully saturated rings. The average Bonchev–Trinajstić information content (AvgIpc) is 2.46. The summed E-state index contributed by atoms with van der Waals surface area (Å²) < 4.78 is 38.6. The van der Waals surface area contributed by atoms with Gasteiger partial charge in [-0.05, 0) is 13.3 Å². The Morgan fingerprint density at radius 2 is 1.68 bits per heavy atom. The lowest BCUT2D eigenvalue weighted by atomic mass is 9.88. The van der Waals surface area contributed by atoms with Crippen LogP contribution in [-0.2, 0) is 14.9 Å². The summed E-state index contributed by atoms with van der Waals surface area (Å²) in [6, 6.07) is 0. The summed E-state index contributed by atoms with van der Waals surface area (Å²) in [4.78, 5) is 0. The third kappa shape index (κ3) is 5.86. The van der Waals surface area contributed by atoms with Gasteiger partial charge in [0.2, 0.25) is 0 Å². The van der Waals surface area contributed by atoms with E-state index < -0.39 is 21.0 Å². The van der Waals surface area contributed by atoms with Crippen molar-refractivity contribution in [2.24, 2.45) is 0 Å². The summed E-state index contributed by atoms with van der Waals surface area (Å²) in [5.41, 5.74) is -0.930. The second-order valence-corrected chi connectivity index (χ2v) is 7.48. The SMILES string of the molecule is CCCCCCCCCC1(OCC)C=CC=CC1S(=O)(=O)O. The highest BCUT2D eigenvalue weighted by Gasteiger charge is 2.43. The van der Waals surface area contributed by atoms with Crippen molar-refractivity contribution in [2.45, 2.75) is 76.1 Å². The second-order valence-electron chi connectivity index (χ2n) is 5.94. The van der Waals surface area contributed by atoms with Gasteiger partial charge in [-0.3, -0.25) is 4.55 Å². The maximum Gasteiger partial charge on any atom is 0.274 e. The van der Waals surface area contributed by atoms with E-state index in [4.69, 9.17) is 4.74 Å². The predicted octanol–water partition coefficient (Wildman–Crippen LogP) is 4.28. The molecule has 5 heteroatoms. The molecule has 0 aromatic heterocycles. The third-order valence-corrected chi connectivity index (χ3v) is 5.36. The highest BCUT2D eigenvalue weighted by molar-refractivity contribution is 7.86. The Kier molecular flexibility index (Phi) is 8.36. The Bertz CT molecular complexity index is 467. The molecule has 0 spiro atoms. The van der Waals surface area contributed by atoms with Crippen LogP contribution in [0.25, 0.3) is 0 Å². The number of allylic oxidation sites excluding steroid dienone is 2. The van der Waals surface area contributed by atoms with Crippen LogP contribution in [0.1, 0.15) is 65.2 Å². The minimum atomic E-state index is -4.17. The predicted molar refractivity (Wildman–Crippen MR) is 90.6 cm³/mol. The van der Waals surface area contributed by atoms with E-state index >= 15 is 0 Å². The van der Waals surface area contributed by atoms with Crippen molar-refractivity contribution in [3.05, 3.63) is 24.3 Å². The maximum absolute atomic E-state index is 11.7. The second kappa shape index (κ2) is 9.48. The molecule has 1 N–H and O–H groups in total. The Morgan fingerprint density at radius 3 is 2.27 bits per heavy atom. The van der Waals surface area contributed by atoms with E-state index in [0.29, 0.717) is 13.0 Å². The smallest absolute Gasteiger partial charge is 0.274 e. The van der Waals surface area contributed by atoms with E-state index in [1.807, 2.05) is 6.92 Å². The van der Waals surface area contributed by atoms with Gasteiger partial charge >= 0.3 is 0 Å². The normalized spacial score (nSPS) is 24.8. The van der Waals surface area contributed by atoms with Gasteiger partial charge in [-0.1, -0.05) is 76.2 Å². The fourth-order valence-electron chi connectivity index (χ4n) is 3.05. The van der Waals surface area contributed by atoms with Gasteiger partial charge in [-0.25, -0.2) is 0 Å². The molecular weight excluding hydrogens is 300 g/mol. The molecule has 0 amide bonds. The van der Waals surface area contributed by atoms with E-state index in [9.17, 15) is 13.0 Å². The molecule has 1 aliphatic rings. The van der Waals surface area contributed by atoms with Crippen molar-refractivity contribution < 1.29 is 17.7 Å². The summed E-state index contributed by atoms with van der Waals surface area (Å²) in [7, 11) is -4.17. The number of hydrogen-bond donors (Lipinski definition) is 1. The number of rotatable bonds is 11. The van der Waals surface area contributed by atoms with Gasteiger partial charge in [-0.15, -0.1) is 0 Å². The summed E-state index contributed by atoms with van der Waals surface area (Å²) in [5.74, 6) is 0. The molecule has 0 aromatic rings. The van der Waals surface area contributed by atoms with Gasteiger partial charge in [0.1, 0.15) is 10.9 Å². The van der Waals surface area contributed by atoms with Gasteiger partial charge in [0.25, 0.3) is 10.1 Å². The van der Waals surface area contributed by atoms with E-state index in [-0.39, 0.29) is 0 Å². The van der Waals surface area contributed by atoms with Crippen molar-refractivity contribution in [3.63, 3.8) is 0 Å². The first kappa shape index (κ1) is 19.4. The molecule has 1 aliphatic carbocycles. The van der Waals surface area contributed by atoms with Crippen LogP contribution in [-0.4, -0.2) is 30.4 Å². The minimum Gasteiger partial charge on any atom is -0.369 e. The van der Waals surface area contributed by atoms with E-state index in [1.165, 1.54) is 31.8 Å². The van der Waals surface area contributed by atoms with Crippen LogP contribution in [0.3, 0.4) is 0 Å². The standard InChI is InChI=1S/C17H30O4S/c1-3-5-6-7-8-9-11-14-17(21-4-2)15-12-10-13-16(17)22(18,19)20/h10,12-13,15-16H,3-9,11,14H2,1-2H3,(H,18,19,20). The molecule has 4 nitrogen and oxygen atoms in total. The summed E-state index contributed by atoms with van der Waals surface area (Å²) in [6.07, 6.45) is 15.5. The Hall–Kier alpha value is -0.650. The Balaban J connectivity index is 2.59. The van der Waals surface area contributed by atoms with E-state index in [1.54, 1.807) is 18.2 Å². The van der Waals surface area contributed by atoms with Crippen molar-refractivity contribution in [1.82, 2.24) is 0 Å². The lowest BCUT2D eigenvalue weighted by Crippen LogP contribution is -2.47. The topological polar surface area (TPSA) is 63.6 Å². The van der Waals surface area contributed by atoms with Crippen LogP contribution in [0.4, 0.5) is 0 Å². The largest absolute Gasteiger partial charge is 0.369 e. The molecule has 0 bridgehead atoms. The molecule has 2 unspecified atom stereocenters. The van der Waals surface area contributed by atoms with Crippen molar-refractivity contribution in [1.29, 1.82) is 0 Å². The average molecular weight is 330 g/mol. The zero-order chi connectivity index (χ0) is 16.5. The molecule has 0 radical (unpaired) electrons. The lowest BCUT2D eigenvalue weighted by Gasteiger charge is -2.36. The fraction of sp³-hybridized carbons (Fsp3) is 0.765. The quantitative estimate of drug-likeness (QED) is 0.453. The van der Waals surface area contributed by atoms with E-state index in [0.717, 1.165) is 19.3 Å². The third-order valence-electron chi connectivity index (χ3n) is 4.16. The first-order chi connectivity index (χ1) is 10.5. The fourth-order valence-corrected chi connectivity index (χ4v) is 4.11. The van der Waals surface area contributed by atoms with Crippen molar-refractivity contribution in [3.8, 4) is 0 Å². The van der Waals surface area contributed by atoms with Crippen LogP contribution in [0.5, 0.6) is 0 Å². The summed E-state index contributed by atoms with van der Waals surface area (Å²) in [5, 5.41) is -1.01. The van der Waals surface area contributed by atoms with Crippen LogP contribution < -0.4 is 0 Å². The molecule has 1 rings (SSSR count). The van der Waals surface area contributed by atoms with Crippen LogP contribution in [0.15, 0.2) is 24.3 Å².